The third-order valence-corrected chi connectivity index (χ3v) is 5.57. The van der Waals surface area contributed by atoms with Gasteiger partial charge in [0.05, 0.1) is 0 Å². The van der Waals surface area contributed by atoms with Crippen LogP contribution in [0.4, 0.5) is 0 Å². The quantitative estimate of drug-likeness (QED) is 0.683. The molecule has 0 amide bonds. The predicted molar refractivity (Wildman–Crippen MR) is 82.1 cm³/mol. The number of hydrogen-bond donors (Lipinski definition) is 0. The summed E-state index contributed by atoms with van der Waals surface area (Å²) in [7, 11) is 0. The zero-order valence-corrected chi connectivity index (χ0v) is 12.4. The van der Waals surface area contributed by atoms with Crippen molar-refractivity contribution < 1.29 is 4.74 Å². The number of hydrogen-bond acceptors (Lipinski definition) is 1. The molecule has 1 heteroatoms. The maximum atomic E-state index is 6.56. The summed E-state index contributed by atoms with van der Waals surface area (Å²) in [6.45, 7) is 2.30. The lowest BCUT2D eigenvalue weighted by atomic mass is 9.72. The van der Waals surface area contributed by atoms with Crippen LogP contribution in [0, 0.1) is 5.92 Å². The van der Waals surface area contributed by atoms with Crippen LogP contribution in [-0.2, 0) is 0 Å². The Labute approximate surface area is 122 Å². The largest absolute Gasteiger partial charge is 0.482 e. The van der Waals surface area contributed by atoms with Gasteiger partial charge < -0.3 is 4.74 Å². The summed E-state index contributed by atoms with van der Waals surface area (Å²) in [5.41, 5.74) is 3.13. The fraction of sp³-hybridized carbons (Fsp3) is 0.579. The number of allylic oxidation sites excluding steroid dienone is 1. The van der Waals surface area contributed by atoms with Gasteiger partial charge in [0.25, 0.3) is 0 Å². The van der Waals surface area contributed by atoms with Crippen molar-refractivity contribution in [1.82, 2.24) is 0 Å². The molecule has 1 heterocycles. The second-order valence-electron chi connectivity index (χ2n) is 6.71. The number of para-hydroxylation sites is 1. The van der Waals surface area contributed by atoms with Gasteiger partial charge in [0.1, 0.15) is 11.4 Å². The smallest absolute Gasteiger partial charge is 0.138 e. The van der Waals surface area contributed by atoms with Crippen molar-refractivity contribution in [2.45, 2.75) is 63.4 Å². The molecule has 3 aliphatic rings. The average molecular weight is 268 g/mol. The van der Waals surface area contributed by atoms with E-state index in [0.29, 0.717) is 11.8 Å². The summed E-state index contributed by atoms with van der Waals surface area (Å²) < 4.78 is 6.56. The van der Waals surface area contributed by atoms with E-state index in [2.05, 4.69) is 37.3 Å². The number of benzene rings is 1. The number of unbranched alkanes of at least 4 members (excludes halogenated alkanes) is 1. The molecule has 1 saturated carbocycles. The van der Waals surface area contributed by atoms with E-state index in [0.717, 1.165) is 5.75 Å². The normalized spacial score (nSPS) is 34.0. The Bertz CT molecular complexity index is 544. The van der Waals surface area contributed by atoms with E-state index in [-0.39, 0.29) is 5.60 Å². The minimum atomic E-state index is 0.0420. The Kier molecular flexibility index (Phi) is 2.90. The number of rotatable bonds is 3. The summed E-state index contributed by atoms with van der Waals surface area (Å²) >= 11 is 0. The van der Waals surface area contributed by atoms with Crippen molar-refractivity contribution in [3.05, 3.63) is 41.5 Å². The first-order valence-electron chi connectivity index (χ1n) is 8.34. The van der Waals surface area contributed by atoms with Gasteiger partial charge in [-0.05, 0) is 49.7 Å². The molecular formula is C19H24O. The number of ether oxygens (including phenoxy) is 1. The average Bonchev–Trinajstić information content (AvgIpc) is 2.95. The Balaban J connectivity index is 1.76. The SMILES string of the molecule is CCCC[C@@H]1C=C2CCCC[C@@]23Oc2ccccc2[C@@H]13. The molecule has 0 unspecified atom stereocenters. The predicted octanol–water partition coefficient (Wildman–Crippen LogP) is 5.22. The maximum absolute atomic E-state index is 6.56. The highest BCUT2D eigenvalue weighted by Crippen LogP contribution is 2.61. The highest BCUT2D eigenvalue weighted by atomic mass is 16.5. The molecule has 3 atom stereocenters. The topological polar surface area (TPSA) is 9.23 Å². The second kappa shape index (κ2) is 4.65. The molecule has 1 fully saturated rings. The molecule has 0 aromatic heterocycles. The molecular weight excluding hydrogens is 244 g/mol. The molecule has 1 nitrogen and oxygen atoms in total. The minimum absolute atomic E-state index is 0.0420. The first-order valence-corrected chi connectivity index (χ1v) is 8.34. The zero-order valence-electron chi connectivity index (χ0n) is 12.4. The summed E-state index contributed by atoms with van der Waals surface area (Å²) in [4.78, 5) is 0. The van der Waals surface area contributed by atoms with Crippen LogP contribution in [0.5, 0.6) is 5.75 Å². The molecule has 20 heavy (non-hydrogen) atoms. The van der Waals surface area contributed by atoms with Gasteiger partial charge in [-0.15, -0.1) is 0 Å². The van der Waals surface area contributed by atoms with E-state index < -0.39 is 0 Å². The molecule has 0 saturated heterocycles. The third-order valence-electron chi connectivity index (χ3n) is 5.57. The van der Waals surface area contributed by atoms with Crippen LogP contribution in [0.15, 0.2) is 35.9 Å². The van der Waals surface area contributed by atoms with Crippen LogP contribution in [0.2, 0.25) is 0 Å². The van der Waals surface area contributed by atoms with Gasteiger partial charge in [-0.2, -0.15) is 0 Å². The summed E-state index contributed by atoms with van der Waals surface area (Å²) in [5, 5.41) is 0. The summed E-state index contributed by atoms with van der Waals surface area (Å²) in [5.74, 6) is 2.46. The molecule has 106 valence electrons. The molecule has 1 aliphatic heterocycles. The van der Waals surface area contributed by atoms with Crippen LogP contribution in [0.3, 0.4) is 0 Å². The molecule has 0 radical (unpaired) electrons. The van der Waals surface area contributed by atoms with Crippen molar-refractivity contribution in [2.75, 3.05) is 0 Å². The van der Waals surface area contributed by atoms with Gasteiger partial charge in [-0.3, -0.25) is 0 Å². The van der Waals surface area contributed by atoms with Crippen LogP contribution in [-0.4, -0.2) is 5.60 Å². The Morgan fingerprint density at radius 1 is 1.25 bits per heavy atom. The van der Waals surface area contributed by atoms with E-state index in [4.69, 9.17) is 4.74 Å². The Morgan fingerprint density at radius 3 is 3.05 bits per heavy atom. The fourth-order valence-electron chi connectivity index (χ4n) is 4.73. The van der Waals surface area contributed by atoms with Crippen LogP contribution >= 0.6 is 0 Å². The first-order chi connectivity index (χ1) is 9.85. The highest BCUT2D eigenvalue weighted by Gasteiger charge is 2.57. The lowest BCUT2D eigenvalue weighted by molar-refractivity contribution is 0.0783. The Hall–Kier alpha value is -1.24. The molecule has 4 rings (SSSR count). The van der Waals surface area contributed by atoms with Crippen molar-refractivity contribution in [3.8, 4) is 5.75 Å². The monoisotopic (exact) mass is 268 g/mol. The van der Waals surface area contributed by atoms with Crippen molar-refractivity contribution >= 4 is 0 Å². The maximum Gasteiger partial charge on any atom is 0.138 e. The van der Waals surface area contributed by atoms with Crippen LogP contribution in [0.1, 0.15) is 63.4 Å². The van der Waals surface area contributed by atoms with Crippen molar-refractivity contribution in [1.29, 1.82) is 0 Å². The lowest BCUT2D eigenvalue weighted by Crippen LogP contribution is -2.40. The third kappa shape index (κ3) is 1.62. The summed E-state index contributed by atoms with van der Waals surface area (Å²) in [6, 6.07) is 8.77. The second-order valence-corrected chi connectivity index (χ2v) is 6.71. The van der Waals surface area contributed by atoms with E-state index in [1.807, 2.05) is 0 Å². The highest BCUT2D eigenvalue weighted by molar-refractivity contribution is 5.51. The van der Waals surface area contributed by atoms with Crippen molar-refractivity contribution in [3.63, 3.8) is 0 Å². The molecule has 0 N–H and O–H groups in total. The van der Waals surface area contributed by atoms with Gasteiger partial charge in [0.2, 0.25) is 0 Å². The Morgan fingerprint density at radius 2 is 2.15 bits per heavy atom. The van der Waals surface area contributed by atoms with Gasteiger partial charge in [-0.25, -0.2) is 0 Å². The van der Waals surface area contributed by atoms with E-state index in [1.165, 1.54) is 50.5 Å². The molecule has 1 aromatic carbocycles. The molecule has 1 spiro atoms. The molecule has 0 bridgehead atoms. The van der Waals surface area contributed by atoms with E-state index >= 15 is 0 Å². The minimum Gasteiger partial charge on any atom is -0.482 e. The summed E-state index contributed by atoms with van der Waals surface area (Å²) in [6.07, 6.45) is 11.7. The van der Waals surface area contributed by atoms with Gasteiger partial charge in [0.15, 0.2) is 0 Å². The lowest BCUT2D eigenvalue weighted by Gasteiger charge is -2.37. The fourth-order valence-corrected chi connectivity index (χ4v) is 4.73. The van der Waals surface area contributed by atoms with Crippen molar-refractivity contribution in [2.24, 2.45) is 5.92 Å². The van der Waals surface area contributed by atoms with E-state index in [1.54, 1.807) is 5.57 Å². The zero-order chi connectivity index (χ0) is 13.6. The molecule has 1 aromatic rings. The standard InChI is InChI=1S/C19H24O/c1-2-3-8-14-13-15-9-6-7-12-19(15)18(14)16-10-4-5-11-17(16)20-19/h4-5,10-11,13-14,18H,2-3,6-9,12H2,1H3/t14-,18-,19-/m1/s1. The van der Waals surface area contributed by atoms with E-state index in [9.17, 15) is 0 Å². The van der Waals surface area contributed by atoms with Gasteiger partial charge in [-0.1, -0.05) is 44.0 Å². The van der Waals surface area contributed by atoms with Crippen LogP contribution in [0.25, 0.3) is 0 Å². The van der Waals surface area contributed by atoms with Gasteiger partial charge in [0, 0.05) is 11.5 Å². The number of fused-ring (bicyclic) bond motifs is 2. The van der Waals surface area contributed by atoms with Crippen LogP contribution < -0.4 is 4.74 Å². The first kappa shape index (κ1) is 12.5. The molecule has 2 aliphatic carbocycles. The van der Waals surface area contributed by atoms with Gasteiger partial charge >= 0.3 is 0 Å².